The van der Waals surface area contributed by atoms with Crippen LogP contribution in [0, 0.1) is 18.6 Å². The van der Waals surface area contributed by atoms with E-state index in [0.717, 1.165) is 0 Å². The molecule has 0 saturated heterocycles. The van der Waals surface area contributed by atoms with Crippen LogP contribution in [0.25, 0.3) is 0 Å². The normalized spacial score (nSPS) is 10.2. The highest BCUT2D eigenvalue weighted by atomic mass is 31.0. The first-order valence-electron chi connectivity index (χ1n) is 3.70. The molecule has 1 nitrogen and oxygen atoms in total. The minimum absolute atomic E-state index is 0.0658. The molecule has 1 unspecified atom stereocenters. The Hall–Kier alpha value is -0.820. The zero-order chi connectivity index (χ0) is 10.2. The van der Waals surface area contributed by atoms with E-state index in [4.69, 9.17) is 0 Å². The average molecular weight is 202 g/mol. The van der Waals surface area contributed by atoms with Crippen LogP contribution in [0.3, 0.4) is 0 Å². The molecule has 0 radical (unpaired) electrons. The number of carbonyl (C=O) groups is 1. The predicted molar refractivity (Wildman–Crippen MR) is 50.4 cm³/mol. The topological polar surface area (TPSA) is 17.1 Å². The van der Waals surface area contributed by atoms with Gasteiger partial charge in [0, 0.05) is 5.30 Å². The summed E-state index contributed by atoms with van der Waals surface area (Å²) in [5, 5.41) is -0.176. The fourth-order valence-corrected chi connectivity index (χ4v) is 1.44. The number of hydrogen-bond acceptors (Lipinski definition) is 1. The molecular formula is C9H9F2OP. The molecule has 0 fully saturated rings. The van der Waals surface area contributed by atoms with Gasteiger partial charge in [0.15, 0.2) is 5.78 Å². The Labute approximate surface area is 77.3 Å². The zero-order valence-electron chi connectivity index (χ0n) is 7.32. The van der Waals surface area contributed by atoms with E-state index < -0.39 is 17.4 Å². The molecule has 0 N–H and O–H groups in total. The van der Waals surface area contributed by atoms with Crippen molar-refractivity contribution < 1.29 is 13.6 Å². The molecule has 0 aliphatic carbocycles. The number of rotatable bonds is 1. The molecule has 1 aromatic rings. The van der Waals surface area contributed by atoms with Crippen molar-refractivity contribution in [3.8, 4) is 0 Å². The molecule has 0 saturated carbocycles. The van der Waals surface area contributed by atoms with Crippen LogP contribution >= 0.6 is 9.24 Å². The number of hydrogen-bond donors (Lipinski definition) is 0. The quantitative estimate of drug-likeness (QED) is 0.502. The van der Waals surface area contributed by atoms with Crippen molar-refractivity contribution in [3.63, 3.8) is 0 Å². The van der Waals surface area contributed by atoms with E-state index in [2.05, 4.69) is 0 Å². The monoisotopic (exact) mass is 202 g/mol. The molecule has 1 rings (SSSR count). The highest BCUT2D eigenvalue weighted by Crippen LogP contribution is 2.15. The number of Topliss-reactive ketones (excluding diaryl/α,β-unsaturated/α-hetero) is 1. The molecule has 0 amide bonds. The summed E-state index contributed by atoms with van der Waals surface area (Å²) in [4.78, 5) is 10.9. The zero-order valence-corrected chi connectivity index (χ0v) is 8.47. The van der Waals surface area contributed by atoms with Gasteiger partial charge in [0.05, 0.1) is 5.56 Å². The van der Waals surface area contributed by atoms with E-state index in [9.17, 15) is 13.6 Å². The van der Waals surface area contributed by atoms with Crippen LogP contribution in [0.2, 0.25) is 0 Å². The third kappa shape index (κ3) is 1.75. The fraction of sp³-hybridized carbons (Fsp3) is 0.222. The van der Waals surface area contributed by atoms with Crippen molar-refractivity contribution in [2.24, 2.45) is 0 Å². The van der Waals surface area contributed by atoms with E-state index in [1.165, 1.54) is 19.9 Å². The molecule has 4 heteroatoms. The largest absolute Gasteiger partial charge is 0.294 e. The lowest BCUT2D eigenvalue weighted by atomic mass is 10.1. The van der Waals surface area contributed by atoms with Crippen LogP contribution in [0.4, 0.5) is 8.78 Å². The first-order valence-corrected chi connectivity index (χ1v) is 4.28. The molecule has 1 atom stereocenters. The van der Waals surface area contributed by atoms with E-state index in [1.807, 2.05) is 9.24 Å². The van der Waals surface area contributed by atoms with Crippen LogP contribution in [0.15, 0.2) is 6.07 Å². The van der Waals surface area contributed by atoms with Crippen molar-refractivity contribution in [2.45, 2.75) is 13.8 Å². The Bertz CT molecular complexity index is 374. The summed E-state index contributed by atoms with van der Waals surface area (Å²) in [6, 6.07) is 1.22. The van der Waals surface area contributed by atoms with Gasteiger partial charge >= 0.3 is 0 Å². The summed E-state index contributed by atoms with van der Waals surface area (Å²) < 4.78 is 26.3. The van der Waals surface area contributed by atoms with E-state index >= 15 is 0 Å². The van der Waals surface area contributed by atoms with Gasteiger partial charge in [-0.05, 0) is 25.5 Å². The number of carbonyl (C=O) groups excluding carboxylic acids is 1. The summed E-state index contributed by atoms with van der Waals surface area (Å²) in [5.74, 6) is -1.81. The minimum atomic E-state index is -0.791. The minimum Gasteiger partial charge on any atom is -0.294 e. The number of halogens is 2. The highest BCUT2D eigenvalue weighted by molar-refractivity contribution is 7.27. The van der Waals surface area contributed by atoms with Gasteiger partial charge in [-0.15, -0.1) is 0 Å². The maximum Gasteiger partial charge on any atom is 0.162 e. The molecule has 0 aliphatic rings. The van der Waals surface area contributed by atoms with Crippen molar-refractivity contribution in [1.82, 2.24) is 0 Å². The molecular weight excluding hydrogens is 193 g/mol. The Morgan fingerprint density at radius 1 is 1.38 bits per heavy atom. The molecule has 1 aromatic carbocycles. The third-order valence-electron chi connectivity index (χ3n) is 1.80. The Kier molecular flexibility index (Phi) is 2.77. The van der Waals surface area contributed by atoms with Gasteiger partial charge in [-0.1, -0.05) is 9.24 Å². The predicted octanol–water partition coefficient (Wildman–Crippen LogP) is 1.98. The van der Waals surface area contributed by atoms with Crippen molar-refractivity contribution in [2.75, 3.05) is 0 Å². The summed E-state index contributed by atoms with van der Waals surface area (Å²) in [6.07, 6.45) is 0. The van der Waals surface area contributed by atoms with E-state index in [1.54, 1.807) is 0 Å². The summed E-state index contributed by atoms with van der Waals surface area (Å²) in [6.45, 7) is 2.74. The van der Waals surface area contributed by atoms with Crippen molar-refractivity contribution >= 4 is 20.3 Å². The Balaban J connectivity index is 3.50. The number of ketones is 1. The Morgan fingerprint density at radius 3 is 2.38 bits per heavy atom. The van der Waals surface area contributed by atoms with Crippen LogP contribution < -0.4 is 5.30 Å². The second-order valence-electron chi connectivity index (χ2n) is 2.84. The highest BCUT2D eigenvalue weighted by Gasteiger charge is 2.15. The standard InChI is InChI=1S/C9H9F2OP/c1-4-3-6(5(2)12)8(11)9(13)7(4)10/h3H,13H2,1-2H3. The SMILES string of the molecule is CC(=O)c1cc(C)c(F)c(P)c1F. The first-order chi connectivity index (χ1) is 5.95. The van der Waals surface area contributed by atoms with Gasteiger partial charge < -0.3 is 0 Å². The maximum absolute atomic E-state index is 13.2. The third-order valence-corrected chi connectivity index (χ3v) is 2.30. The van der Waals surface area contributed by atoms with Crippen LogP contribution in [0.1, 0.15) is 22.8 Å². The molecule has 0 spiro atoms. The second kappa shape index (κ2) is 3.51. The summed E-state index contributed by atoms with van der Waals surface area (Å²) >= 11 is 0. The van der Waals surface area contributed by atoms with Crippen LogP contribution in [-0.2, 0) is 0 Å². The number of benzene rings is 1. The van der Waals surface area contributed by atoms with Gasteiger partial charge in [0.1, 0.15) is 11.6 Å². The first kappa shape index (κ1) is 10.3. The molecule has 70 valence electrons. The van der Waals surface area contributed by atoms with Gasteiger partial charge in [0.25, 0.3) is 0 Å². The molecule has 13 heavy (non-hydrogen) atoms. The van der Waals surface area contributed by atoms with Gasteiger partial charge in [-0.25, -0.2) is 8.78 Å². The Morgan fingerprint density at radius 2 is 1.92 bits per heavy atom. The summed E-state index contributed by atoms with van der Waals surface area (Å²) in [7, 11) is 1.96. The van der Waals surface area contributed by atoms with Crippen LogP contribution in [0.5, 0.6) is 0 Å². The fourth-order valence-electron chi connectivity index (χ4n) is 1.05. The maximum atomic E-state index is 13.2. The average Bonchev–Trinajstić information content (AvgIpc) is 2.07. The van der Waals surface area contributed by atoms with E-state index in [-0.39, 0.29) is 16.4 Å². The summed E-state index contributed by atoms with van der Waals surface area (Å²) in [5.41, 5.74) is 0.209. The van der Waals surface area contributed by atoms with E-state index in [0.29, 0.717) is 0 Å². The van der Waals surface area contributed by atoms with Crippen LogP contribution in [-0.4, -0.2) is 5.78 Å². The van der Waals surface area contributed by atoms with Gasteiger partial charge in [-0.2, -0.15) is 0 Å². The molecule has 0 bridgehead atoms. The lowest BCUT2D eigenvalue weighted by Gasteiger charge is -2.05. The van der Waals surface area contributed by atoms with Crippen molar-refractivity contribution in [1.29, 1.82) is 0 Å². The molecule has 0 heterocycles. The van der Waals surface area contributed by atoms with Gasteiger partial charge in [-0.3, -0.25) is 4.79 Å². The van der Waals surface area contributed by atoms with Gasteiger partial charge in [0.2, 0.25) is 0 Å². The second-order valence-corrected chi connectivity index (χ2v) is 3.42. The molecule has 0 aromatic heterocycles. The smallest absolute Gasteiger partial charge is 0.162 e. The lowest BCUT2D eigenvalue weighted by Crippen LogP contribution is -2.13. The molecule has 0 aliphatic heterocycles. The van der Waals surface area contributed by atoms with Crippen molar-refractivity contribution in [3.05, 3.63) is 28.8 Å². The number of aryl methyl sites for hydroxylation is 1. The lowest BCUT2D eigenvalue weighted by molar-refractivity contribution is 0.101.